The van der Waals surface area contributed by atoms with Gasteiger partial charge in [0, 0.05) is 23.6 Å². The van der Waals surface area contributed by atoms with E-state index in [-0.39, 0.29) is 11.3 Å². The molecule has 7 heteroatoms. The Labute approximate surface area is 160 Å². The molecule has 0 saturated heterocycles. The van der Waals surface area contributed by atoms with Crippen LogP contribution in [0.2, 0.25) is 5.28 Å². The zero-order valence-corrected chi connectivity index (χ0v) is 16.0. The summed E-state index contributed by atoms with van der Waals surface area (Å²) in [5.41, 5.74) is 2.96. The minimum atomic E-state index is -0.149. The lowest BCUT2D eigenvalue weighted by atomic mass is 10.1. The first-order valence-corrected chi connectivity index (χ1v) is 9.71. The van der Waals surface area contributed by atoms with Gasteiger partial charge in [0.05, 0.1) is 23.4 Å². The molecule has 2 heterocycles. The lowest BCUT2D eigenvalue weighted by Crippen LogP contribution is -2.05. The fraction of sp³-hybridized carbons (Fsp3) is 0.316. The number of unbranched alkanes of at least 4 members (excludes halogenated alkanes) is 1. The number of aromatic nitrogens is 2. The molecular weight excluding hydrogens is 372 g/mol. The number of esters is 1. The number of fused-ring (bicyclic) bond motifs is 1. The summed E-state index contributed by atoms with van der Waals surface area (Å²) in [5, 5.41) is 2.31. The van der Waals surface area contributed by atoms with Crippen LogP contribution in [0, 0.1) is 0 Å². The smallest absolute Gasteiger partial charge is 0.305 e. The Morgan fingerprint density at radius 1 is 1.23 bits per heavy atom. The number of rotatable bonds is 8. The number of benzene rings is 1. The minimum absolute atomic E-state index is 0.149. The average molecular weight is 391 g/mol. The van der Waals surface area contributed by atoms with Gasteiger partial charge in [-0.1, -0.05) is 12.1 Å². The Kier molecular flexibility index (Phi) is 6.41. The number of halogens is 1. The highest BCUT2D eigenvalue weighted by molar-refractivity contribution is 7.17. The van der Waals surface area contributed by atoms with Gasteiger partial charge < -0.3 is 9.47 Å². The van der Waals surface area contributed by atoms with Gasteiger partial charge in [0.25, 0.3) is 0 Å². The van der Waals surface area contributed by atoms with Crippen LogP contribution in [0.3, 0.4) is 0 Å². The van der Waals surface area contributed by atoms with Crippen molar-refractivity contribution in [1.29, 1.82) is 0 Å². The van der Waals surface area contributed by atoms with E-state index in [1.54, 1.807) is 17.5 Å². The maximum absolute atomic E-state index is 11.3. The van der Waals surface area contributed by atoms with E-state index in [9.17, 15) is 4.79 Å². The second-order valence-corrected chi connectivity index (χ2v) is 6.89. The monoisotopic (exact) mass is 390 g/mol. The van der Waals surface area contributed by atoms with Crippen molar-refractivity contribution in [2.45, 2.75) is 26.2 Å². The number of ether oxygens (including phenoxy) is 2. The molecule has 3 aromatic rings. The molecule has 136 valence electrons. The van der Waals surface area contributed by atoms with Crippen molar-refractivity contribution in [2.75, 3.05) is 13.2 Å². The third-order valence-corrected chi connectivity index (χ3v) is 4.89. The van der Waals surface area contributed by atoms with Crippen LogP contribution in [0.15, 0.2) is 35.8 Å². The Morgan fingerprint density at radius 3 is 2.81 bits per heavy atom. The summed E-state index contributed by atoms with van der Waals surface area (Å²) >= 11 is 7.51. The fourth-order valence-corrected chi connectivity index (χ4v) is 3.54. The molecule has 0 N–H and O–H groups in total. The molecule has 0 aliphatic heterocycles. The highest BCUT2D eigenvalue weighted by Crippen LogP contribution is 2.33. The zero-order valence-electron chi connectivity index (χ0n) is 14.4. The van der Waals surface area contributed by atoms with Gasteiger partial charge in [-0.25, -0.2) is 9.97 Å². The maximum atomic E-state index is 11.3. The summed E-state index contributed by atoms with van der Waals surface area (Å²) in [6.45, 7) is 2.81. The third-order valence-electron chi connectivity index (χ3n) is 3.80. The molecule has 0 aliphatic carbocycles. The lowest BCUT2D eigenvalue weighted by molar-refractivity contribution is -0.143. The van der Waals surface area contributed by atoms with E-state index in [1.807, 2.05) is 31.2 Å². The number of hydrogen-bond donors (Lipinski definition) is 0. The van der Waals surface area contributed by atoms with Crippen LogP contribution in [0.25, 0.3) is 21.3 Å². The van der Waals surface area contributed by atoms with Crippen molar-refractivity contribution in [3.05, 3.63) is 41.1 Å². The summed E-state index contributed by atoms with van der Waals surface area (Å²) in [6, 6.07) is 7.89. The number of thiophene rings is 1. The fourth-order valence-electron chi connectivity index (χ4n) is 2.54. The first-order chi connectivity index (χ1) is 12.7. The van der Waals surface area contributed by atoms with Gasteiger partial charge >= 0.3 is 5.97 Å². The summed E-state index contributed by atoms with van der Waals surface area (Å²) in [7, 11) is 0. The van der Waals surface area contributed by atoms with Crippen molar-refractivity contribution < 1.29 is 14.3 Å². The van der Waals surface area contributed by atoms with Gasteiger partial charge in [-0.3, -0.25) is 4.79 Å². The zero-order chi connectivity index (χ0) is 18.4. The maximum Gasteiger partial charge on any atom is 0.305 e. The Bertz CT molecular complexity index is 880. The molecule has 0 aliphatic rings. The second kappa shape index (κ2) is 8.96. The van der Waals surface area contributed by atoms with Crippen molar-refractivity contribution >= 4 is 39.1 Å². The minimum Gasteiger partial charge on any atom is -0.494 e. The van der Waals surface area contributed by atoms with Crippen molar-refractivity contribution in [3.8, 4) is 16.9 Å². The summed E-state index contributed by atoms with van der Waals surface area (Å²) in [6.07, 6.45) is 3.75. The lowest BCUT2D eigenvalue weighted by Gasteiger charge is -2.07. The molecule has 26 heavy (non-hydrogen) atoms. The standard InChI is InChI=1S/C19H19ClN2O3S/c1-2-24-17(23)5-3-4-10-25-14-8-6-13(7-9-14)15-12-26-16-11-21-19(20)22-18(15)16/h6-9,11-12H,2-5,10H2,1H3. The molecular formula is C19H19ClN2O3S. The van der Waals surface area contributed by atoms with E-state index >= 15 is 0 Å². The molecule has 0 unspecified atom stereocenters. The van der Waals surface area contributed by atoms with Gasteiger partial charge in [0.15, 0.2) is 0 Å². The highest BCUT2D eigenvalue weighted by Gasteiger charge is 2.09. The summed E-state index contributed by atoms with van der Waals surface area (Å²) in [5.74, 6) is 0.654. The normalized spacial score (nSPS) is 10.8. The molecule has 3 rings (SSSR count). The van der Waals surface area contributed by atoms with E-state index < -0.39 is 0 Å². The molecule has 0 saturated carbocycles. The molecule has 0 atom stereocenters. The topological polar surface area (TPSA) is 61.3 Å². The van der Waals surface area contributed by atoms with Gasteiger partial charge in [0.2, 0.25) is 5.28 Å². The van der Waals surface area contributed by atoms with E-state index in [0.29, 0.717) is 19.6 Å². The highest BCUT2D eigenvalue weighted by atomic mass is 35.5. The first-order valence-electron chi connectivity index (χ1n) is 8.46. The third kappa shape index (κ3) is 4.71. The Morgan fingerprint density at radius 2 is 2.04 bits per heavy atom. The van der Waals surface area contributed by atoms with Crippen molar-refractivity contribution in [2.24, 2.45) is 0 Å². The summed E-state index contributed by atoms with van der Waals surface area (Å²) in [4.78, 5) is 19.6. The van der Waals surface area contributed by atoms with Crippen LogP contribution >= 0.6 is 22.9 Å². The molecule has 5 nitrogen and oxygen atoms in total. The van der Waals surface area contributed by atoms with E-state index in [2.05, 4.69) is 15.3 Å². The first kappa shape index (κ1) is 18.6. The van der Waals surface area contributed by atoms with Crippen molar-refractivity contribution in [3.63, 3.8) is 0 Å². The number of hydrogen-bond acceptors (Lipinski definition) is 6. The molecule has 0 fully saturated rings. The second-order valence-electron chi connectivity index (χ2n) is 5.64. The predicted molar refractivity (Wildman–Crippen MR) is 104 cm³/mol. The molecule has 0 radical (unpaired) electrons. The number of carbonyl (C=O) groups excluding carboxylic acids is 1. The largest absolute Gasteiger partial charge is 0.494 e. The van der Waals surface area contributed by atoms with Gasteiger partial charge in [-0.2, -0.15) is 0 Å². The molecule has 2 aromatic heterocycles. The molecule has 0 amide bonds. The van der Waals surface area contributed by atoms with Crippen LogP contribution in [0.5, 0.6) is 5.75 Å². The van der Waals surface area contributed by atoms with Gasteiger partial charge in [-0.05, 0) is 49.1 Å². The van der Waals surface area contributed by atoms with Gasteiger partial charge in [-0.15, -0.1) is 11.3 Å². The Balaban J connectivity index is 1.55. The van der Waals surface area contributed by atoms with Crippen LogP contribution in [0.4, 0.5) is 0 Å². The van der Waals surface area contributed by atoms with Gasteiger partial charge in [0.1, 0.15) is 5.75 Å². The van der Waals surface area contributed by atoms with Crippen molar-refractivity contribution in [1.82, 2.24) is 9.97 Å². The predicted octanol–water partition coefficient (Wildman–Crippen LogP) is 5.12. The van der Waals surface area contributed by atoms with Crippen LogP contribution in [-0.2, 0) is 9.53 Å². The van der Waals surface area contributed by atoms with E-state index in [1.165, 1.54) is 0 Å². The van der Waals surface area contributed by atoms with Crippen LogP contribution in [-0.4, -0.2) is 29.2 Å². The molecule has 0 bridgehead atoms. The molecule has 1 aromatic carbocycles. The van der Waals surface area contributed by atoms with Crippen LogP contribution < -0.4 is 4.74 Å². The molecule has 0 spiro atoms. The summed E-state index contributed by atoms with van der Waals surface area (Å²) < 4.78 is 11.6. The van der Waals surface area contributed by atoms with Crippen LogP contribution in [0.1, 0.15) is 26.2 Å². The Hall–Kier alpha value is -2.18. The van der Waals surface area contributed by atoms with E-state index in [4.69, 9.17) is 21.1 Å². The quantitative estimate of drug-likeness (QED) is 0.303. The average Bonchev–Trinajstić information content (AvgIpc) is 3.05. The SMILES string of the molecule is CCOC(=O)CCCCOc1ccc(-c2csc3cnc(Cl)nc23)cc1. The number of nitrogens with zero attached hydrogens (tertiary/aromatic N) is 2. The van der Waals surface area contributed by atoms with E-state index in [0.717, 1.165) is 39.9 Å². The number of carbonyl (C=O) groups is 1.